The molecule has 8 heteroatoms. The van der Waals surface area contributed by atoms with E-state index < -0.39 is 5.91 Å². The Hall–Kier alpha value is -2.24. The average Bonchev–Trinajstić information content (AvgIpc) is 2.70. The second kappa shape index (κ2) is 9.92. The Balaban J connectivity index is 2.13. The van der Waals surface area contributed by atoms with Crippen LogP contribution in [-0.2, 0) is 4.79 Å². The molecule has 1 amide bonds. The van der Waals surface area contributed by atoms with E-state index in [1.54, 1.807) is 36.4 Å². The van der Waals surface area contributed by atoms with Crippen LogP contribution in [0.5, 0.6) is 0 Å². The molecule has 0 aliphatic carbocycles. The number of aliphatic imine (C=N–C) groups is 1. The zero-order chi connectivity index (χ0) is 22.7. The van der Waals surface area contributed by atoms with Gasteiger partial charge in [0.15, 0.2) is 0 Å². The fraction of sp³-hybridized carbons (Fsp3) is 0.130. The first-order chi connectivity index (χ1) is 14.7. The maximum Gasteiger partial charge on any atom is 0.275 e. The van der Waals surface area contributed by atoms with Gasteiger partial charge in [-0.2, -0.15) is 0 Å². The van der Waals surface area contributed by atoms with E-state index in [2.05, 4.69) is 10.3 Å². The van der Waals surface area contributed by atoms with Crippen LogP contribution in [0.1, 0.15) is 11.1 Å². The van der Waals surface area contributed by atoms with Crippen molar-refractivity contribution in [3.05, 3.63) is 85.8 Å². The second-order valence-corrected chi connectivity index (χ2v) is 8.66. The van der Waals surface area contributed by atoms with Crippen LogP contribution in [-0.4, -0.2) is 25.7 Å². The monoisotopic (exact) mass is 493 g/mol. The normalized spacial score (nSPS) is 11.4. The van der Waals surface area contributed by atoms with Crippen molar-refractivity contribution in [3.8, 4) is 0 Å². The van der Waals surface area contributed by atoms with Crippen molar-refractivity contribution in [2.75, 3.05) is 24.3 Å². The molecule has 1 N–H and O–H groups in total. The van der Waals surface area contributed by atoms with Crippen LogP contribution in [0.2, 0.25) is 20.1 Å². The van der Waals surface area contributed by atoms with Crippen LogP contribution < -0.4 is 10.2 Å². The van der Waals surface area contributed by atoms with E-state index in [0.717, 1.165) is 11.3 Å². The van der Waals surface area contributed by atoms with Crippen molar-refractivity contribution in [2.24, 2.45) is 4.99 Å². The van der Waals surface area contributed by atoms with E-state index in [1.807, 2.05) is 44.1 Å². The molecule has 0 saturated carbocycles. The summed E-state index contributed by atoms with van der Waals surface area (Å²) in [7, 11) is 3.91. The molecule has 0 heterocycles. The number of anilines is 2. The summed E-state index contributed by atoms with van der Waals surface area (Å²) in [6.07, 6.45) is 0. The molecule has 3 aromatic rings. The summed E-state index contributed by atoms with van der Waals surface area (Å²) in [6, 6.07) is 15.5. The highest BCUT2D eigenvalue weighted by Gasteiger charge is 2.22. The Labute approximate surface area is 201 Å². The van der Waals surface area contributed by atoms with Gasteiger partial charge < -0.3 is 10.2 Å². The summed E-state index contributed by atoms with van der Waals surface area (Å²) < 4.78 is 0. The first kappa shape index (κ1) is 23.4. The van der Waals surface area contributed by atoms with Gasteiger partial charge in [-0.1, -0.05) is 52.5 Å². The van der Waals surface area contributed by atoms with Crippen LogP contribution in [0.3, 0.4) is 0 Å². The molecule has 4 nitrogen and oxygen atoms in total. The van der Waals surface area contributed by atoms with Gasteiger partial charge in [-0.3, -0.25) is 4.79 Å². The number of rotatable bonds is 5. The summed E-state index contributed by atoms with van der Waals surface area (Å²) in [6.45, 7) is 1.92. The summed E-state index contributed by atoms with van der Waals surface area (Å²) in [5.74, 6) is -0.518. The van der Waals surface area contributed by atoms with E-state index in [1.165, 1.54) is 0 Å². The quantitative estimate of drug-likeness (QED) is 0.374. The number of nitrogens with one attached hydrogen (secondary N) is 1. The lowest BCUT2D eigenvalue weighted by molar-refractivity contribution is -0.110. The van der Waals surface area contributed by atoms with Gasteiger partial charge in [0.25, 0.3) is 5.91 Å². The number of halogens is 4. The summed E-state index contributed by atoms with van der Waals surface area (Å²) in [4.78, 5) is 19.9. The Bertz CT molecular complexity index is 1160. The molecule has 0 spiro atoms. The molecule has 0 aliphatic heterocycles. The van der Waals surface area contributed by atoms with Crippen LogP contribution in [0, 0.1) is 6.92 Å². The Kier molecular flexibility index (Phi) is 7.50. The molecule has 3 rings (SSSR count). The van der Waals surface area contributed by atoms with Crippen molar-refractivity contribution in [1.82, 2.24) is 0 Å². The molecule has 3 aromatic carbocycles. The molecule has 0 atom stereocenters. The Morgan fingerprint density at radius 2 is 1.58 bits per heavy atom. The molecule has 0 aromatic heterocycles. The third-order valence-corrected chi connectivity index (χ3v) is 5.71. The van der Waals surface area contributed by atoms with E-state index >= 15 is 0 Å². The Morgan fingerprint density at radius 3 is 2.19 bits per heavy atom. The summed E-state index contributed by atoms with van der Waals surface area (Å²) in [5.41, 5.74) is 3.27. The molecular weight excluding hydrogens is 476 g/mol. The van der Waals surface area contributed by atoms with Crippen molar-refractivity contribution in [1.29, 1.82) is 0 Å². The number of carbonyl (C=O) groups excluding carboxylic acids is 1. The minimum Gasteiger partial charge on any atom is -0.378 e. The molecule has 0 unspecified atom stereocenters. The van der Waals surface area contributed by atoms with Crippen molar-refractivity contribution < 1.29 is 4.79 Å². The van der Waals surface area contributed by atoms with E-state index in [9.17, 15) is 4.79 Å². The predicted molar refractivity (Wildman–Crippen MR) is 133 cm³/mol. The van der Waals surface area contributed by atoms with Gasteiger partial charge in [0.1, 0.15) is 5.71 Å². The van der Waals surface area contributed by atoms with Crippen LogP contribution >= 0.6 is 46.4 Å². The van der Waals surface area contributed by atoms with Gasteiger partial charge in [-0.25, -0.2) is 4.99 Å². The molecule has 31 heavy (non-hydrogen) atoms. The van der Waals surface area contributed by atoms with Gasteiger partial charge in [0, 0.05) is 30.4 Å². The standard InChI is InChI=1S/C23H19Cl4N3O/c1-13-11-15(30(2)3)8-10-19(13)28-22(21-17(26)5-4-6-18(21)27)23(31)29-20-12-14(24)7-9-16(20)25/h4-12H,1-3H3,(H,29,31). The van der Waals surface area contributed by atoms with Gasteiger partial charge in [0.2, 0.25) is 0 Å². The van der Waals surface area contributed by atoms with Crippen LogP contribution in [0.25, 0.3) is 0 Å². The lowest BCUT2D eigenvalue weighted by atomic mass is 10.1. The average molecular weight is 495 g/mol. The number of nitrogens with zero attached hydrogens (tertiary/aromatic N) is 2. The number of amides is 1. The molecule has 0 saturated heterocycles. The lowest BCUT2D eigenvalue weighted by Crippen LogP contribution is -2.24. The summed E-state index contributed by atoms with van der Waals surface area (Å²) >= 11 is 25.1. The third kappa shape index (κ3) is 5.52. The predicted octanol–water partition coefficient (Wildman–Crippen LogP) is 7.43. The maximum atomic E-state index is 13.3. The smallest absolute Gasteiger partial charge is 0.275 e. The highest BCUT2D eigenvalue weighted by atomic mass is 35.5. The minimum absolute atomic E-state index is 0.0624. The first-order valence-electron chi connectivity index (χ1n) is 9.25. The number of carbonyl (C=O) groups is 1. The molecule has 160 valence electrons. The van der Waals surface area contributed by atoms with E-state index in [4.69, 9.17) is 46.4 Å². The SMILES string of the molecule is Cc1cc(N(C)C)ccc1N=C(C(=O)Nc1cc(Cl)ccc1Cl)c1c(Cl)cccc1Cl. The van der Waals surface area contributed by atoms with Crippen molar-refractivity contribution in [2.45, 2.75) is 6.92 Å². The number of aryl methyl sites for hydroxylation is 1. The van der Waals surface area contributed by atoms with Crippen LogP contribution in [0.15, 0.2) is 59.6 Å². The zero-order valence-corrected chi connectivity index (χ0v) is 20.0. The van der Waals surface area contributed by atoms with E-state index in [-0.39, 0.29) is 5.71 Å². The maximum absolute atomic E-state index is 13.3. The van der Waals surface area contributed by atoms with Gasteiger partial charge in [-0.05, 0) is 61.0 Å². The number of hydrogen-bond acceptors (Lipinski definition) is 3. The molecule has 0 radical (unpaired) electrons. The van der Waals surface area contributed by atoms with Gasteiger partial charge in [0.05, 0.1) is 26.4 Å². The van der Waals surface area contributed by atoms with Crippen molar-refractivity contribution in [3.63, 3.8) is 0 Å². The third-order valence-electron chi connectivity index (χ3n) is 4.52. The largest absolute Gasteiger partial charge is 0.378 e. The molecule has 0 bridgehead atoms. The van der Waals surface area contributed by atoms with Gasteiger partial charge in [-0.15, -0.1) is 0 Å². The fourth-order valence-corrected chi connectivity index (χ4v) is 3.80. The number of benzene rings is 3. The molecule has 0 aliphatic rings. The van der Waals surface area contributed by atoms with Crippen LogP contribution in [0.4, 0.5) is 17.1 Å². The highest BCUT2D eigenvalue weighted by Crippen LogP contribution is 2.31. The molecule has 0 fully saturated rings. The number of hydrogen-bond donors (Lipinski definition) is 1. The highest BCUT2D eigenvalue weighted by molar-refractivity contribution is 6.55. The lowest BCUT2D eigenvalue weighted by Gasteiger charge is -2.15. The van der Waals surface area contributed by atoms with E-state index in [0.29, 0.717) is 37.0 Å². The second-order valence-electron chi connectivity index (χ2n) is 7.00. The first-order valence-corrected chi connectivity index (χ1v) is 10.8. The molecular formula is C23H19Cl4N3O. The van der Waals surface area contributed by atoms with Gasteiger partial charge >= 0.3 is 0 Å². The minimum atomic E-state index is -0.518. The Morgan fingerprint density at radius 1 is 0.903 bits per heavy atom. The fourth-order valence-electron chi connectivity index (χ4n) is 2.88. The summed E-state index contributed by atoms with van der Waals surface area (Å²) in [5, 5.41) is 4.15. The zero-order valence-electron chi connectivity index (χ0n) is 17.0. The van der Waals surface area contributed by atoms with Crippen molar-refractivity contribution >= 4 is 75.1 Å². The topological polar surface area (TPSA) is 44.7 Å².